The minimum atomic E-state index is -1.14. The highest BCUT2D eigenvalue weighted by Gasteiger charge is 2.46. The first-order valence-corrected chi connectivity index (χ1v) is 9.51. The molecule has 4 rings (SSSR count). The molecule has 0 saturated carbocycles. The molecule has 2 bridgehead atoms. The van der Waals surface area contributed by atoms with Gasteiger partial charge in [0.15, 0.2) is 5.84 Å². The third-order valence-electron chi connectivity index (χ3n) is 5.46. The van der Waals surface area contributed by atoms with Gasteiger partial charge < -0.3 is 25.9 Å². The fraction of sp³-hybridized carbons (Fsp3) is 0.421. The standard InChI is InChI=1S/C19H24N8O2/c1-22-18(23-10-21)15-6-14(19(28)7-11-2-3-12(8-19)29-11)13(9-20)17(25-15)26-16-4-5-24-27-16/h4-6,9-12,20,28H,2-3,7-8H2,1H3,(H2,21,22,23)(H2,24,25,26,27)/t11-,12+,19+. The molecule has 10 nitrogen and oxygen atoms in total. The van der Waals surface area contributed by atoms with Crippen molar-refractivity contribution in [2.75, 3.05) is 12.4 Å². The third kappa shape index (κ3) is 3.64. The number of H-pyrrole nitrogens is 1. The van der Waals surface area contributed by atoms with Crippen molar-refractivity contribution in [1.29, 1.82) is 10.8 Å². The van der Waals surface area contributed by atoms with E-state index in [4.69, 9.17) is 15.6 Å². The van der Waals surface area contributed by atoms with Gasteiger partial charge in [0, 0.05) is 37.7 Å². The lowest BCUT2D eigenvalue weighted by Crippen LogP contribution is -2.40. The molecule has 2 aromatic heterocycles. The average Bonchev–Trinajstić information content (AvgIpc) is 3.35. The zero-order chi connectivity index (χ0) is 20.4. The summed E-state index contributed by atoms with van der Waals surface area (Å²) in [4.78, 5) is 8.63. The largest absolute Gasteiger partial charge is 0.385 e. The molecular weight excluding hydrogens is 372 g/mol. The van der Waals surface area contributed by atoms with Crippen molar-refractivity contribution in [3.63, 3.8) is 0 Å². The van der Waals surface area contributed by atoms with Gasteiger partial charge in [0.2, 0.25) is 0 Å². The molecule has 4 heterocycles. The van der Waals surface area contributed by atoms with Crippen molar-refractivity contribution in [2.24, 2.45) is 4.99 Å². The van der Waals surface area contributed by atoms with Crippen LogP contribution in [0.1, 0.15) is 42.5 Å². The maximum absolute atomic E-state index is 11.6. The molecule has 29 heavy (non-hydrogen) atoms. The number of hydrogen-bond donors (Lipinski definition) is 6. The lowest BCUT2D eigenvalue weighted by Gasteiger charge is -2.38. The van der Waals surface area contributed by atoms with Gasteiger partial charge >= 0.3 is 0 Å². The number of aromatic amines is 1. The monoisotopic (exact) mass is 396 g/mol. The number of aliphatic imine (C=N–C) groups is 1. The summed E-state index contributed by atoms with van der Waals surface area (Å²) in [6.45, 7) is 0. The lowest BCUT2D eigenvalue weighted by molar-refractivity contribution is -0.115. The first-order valence-electron chi connectivity index (χ1n) is 9.51. The van der Waals surface area contributed by atoms with Crippen LogP contribution < -0.4 is 10.6 Å². The predicted octanol–water partition coefficient (Wildman–Crippen LogP) is 1.65. The number of hydrogen-bond acceptors (Lipinski definition) is 7. The average molecular weight is 396 g/mol. The Hall–Kier alpha value is -3.11. The number of nitrogens with one attached hydrogen (secondary N) is 5. The van der Waals surface area contributed by atoms with E-state index in [1.807, 2.05) is 0 Å². The second kappa shape index (κ2) is 7.72. The Bertz CT molecular complexity index is 928. The molecule has 0 unspecified atom stereocenters. The Balaban J connectivity index is 1.86. The molecule has 10 heteroatoms. The molecule has 0 radical (unpaired) electrons. The zero-order valence-electron chi connectivity index (χ0n) is 16.1. The van der Waals surface area contributed by atoms with Gasteiger partial charge in [-0.2, -0.15) is 5.10 Å². The zero-order valence-corrected chi connectivity index (χ0v) is 16.1. The van der Waals surface area contributed by atoms with Gasteiger partial charge in [0.25, 0.3) is 0 Å². The molecule has 2 aliphatic heterocycles. The van der Waals surface area contributed by atoms with Gasteiger partial charge in [-0.15, -0.1) is 0 Å². The van der Waals surface area contributed by atoms with E-state index in [1.54, 1.807) is 25.4 Å². The van der Waals surface area contributed by atoms with Crippen molar-refractivity contribution in [3.8, 4) is 0 Å². The molecule has 152 valence electrons. The third-order valence-corrected chi connectivity index (χ3v) is 5.46. The smallest absolute Gasteiger partial charge is 0.153 e. The molecule has 3 atom stereocenters. The van der Waals surface area contributed by atoms with Crippen molar-refractivity contribution >= 4 is 30.0 Å². The number of ether oxygens (including phenoxy) is 1. The second-order valence-electron chi connectivity index (χ2n) is 7.31. The Labute approximate surface area is 167 Å². The van der Waals surface area contributed by atoms with Crippen molar-refractivity contribution < 1.29 is 9.84 Å². The van der Waals surface area contributed by atoms with Gasteiger partial charge in [-0.1, -0.05) is 0 Å². The van der Waals surface area contributed by atoms with Crippen LogP contribution in [0.15, 0.2) is 23.3 Å². The molecule has 2 aromatic rings. The first kappa shape index (κ1) is 19.2. The number of aliphatic hydroxyl groups is 1. The normalized spacial score (nSPS) is 26.2. The summed E-state index contributed by atoms with van der Waals surface area (Å²) < 4.78 is 5.91. The van der Waals surface area contributed by atoms with Crippen LogP contribution in [-0.4, -0.2) is 57.9 Å². The number of aromatic nitrogens is 3. The molecule has 2 saturated heterocycles. The van der Waals surface area contributed by atoms with E-state index in [1.165, 1.54) is 6.21 Å². The lowest BCUT2D eigenvalue weighted by atomic mass is 9.81. The molecule has 2 aliphatic rings. The Morgan fingerprint density at radius 1 is 1.38 bits per heavy atom. The molecule has 0 amide bonds. The van der Waals surface area contributed by atoms with Crippen LogP contribution in [0.5, 0.6) is 0 Å². The SMILES string of the molecule is CN/C(=N\C=N)c1cc([C@]2(O)C[C@H]3CC[C@@H](C2)O3)c(C=N)c(Nc2ccn[nH]2)n1. The van der Waals surface area contributed by atoms with Gasteiger partial charge in [-0.3, -0.25) is 10.5 Å². The second-order valence-corrected chi connectivity index (χ2v) is 7.31. The quantitative estimate of drug-likeness (QED) is 0.322. The highest BCUT2D eigenvalue weighted by molar-refractivity contribution is 6.02. The molecular formula is C19H24N8O2. The van der Waals surface area contributed by atoms with E-state index >= 15 is 0 Å². The van der Waals surface area contributed by atoms with Gasteiger partial charge in [0.05, 0.1) is 24.0 Å². The van der Waals surface area contributed by atoms with Crippen LogP contribution in [0.2, 0.25) is 0 Å². The van der Waals surface area contributed by atoms with Crippen molar-refractivity contribution in [3.05, 3.63) is 35.2 Å². The molecule has 0 aliphatic carbocycles. The van der Waals surface area contributed by atoms with E-state index in [-0.39, 0.29) is 12.2 Å². The highest BCUT2D eigenvalue weighted by atomic mass is 16.5. The fourth-order valence-electron chi connectivity index (χ4n) is 4.22. The number of pyridine rings is 1. The van der Waals surface area contributed by atoms with E-state index in [0.29, 0.717) is 47.1 Å². The Morgan fingerprint density at radius 3 is 2.72 bits per heavy atom. The Kier molecular flexibility index (Phi) is 5.12. The van der Waals surface area contributed by atoms with Crippen LogP contribution >= 0.6 is 0 Å². The summed E-state index contributed by atoms with van der Waals surface area (Å²) in [6.07, 6.45) is 6.56. The van der Waals surface area contributed by atoms with Crippen LogP contribution in [0.25, 0.3) is 0 Å². The number of amidine groups is 1. The number of rotatable bonds is 6. The topological polar surface area (TPSA) is 155 Å². The summed E-state index contributed by atoms with van der Waals surface area (Å²) in [7, 11) is 1.69. The molecule has 0 aromatic carbocycles. The summed E-state index contributed by atoms with van der Waals surface area (Å²) in [5.74, 6) is 1.40. The van der Waals surface area contributed by atoms with Crippen LogP contribution in [0.3, 0.4) is 0 Å². The van der Waals surface area contributed by atoms with E-state index in [2.05, 4.69) is 30.8 Å². The maximum atomic E-state index is 11.6. The van der Waals surface area contributed by atoms with Gasteiger partial charge in [-0.05, 0) is 24.5 Å². The van der Waals surface area contributed by atoms with E-state index in [9.17, 15) is 5.11 Å². The minimum Gasteiger partial charge on any atom is -0.385 e. The summed E-state index contributed by atoms with van der Waals surface area (Å²) in [5, 5.41) is 39.8. The highest BCUT2D eigenvalue weighted by Crippen LogP contribution is 2.45. The van der Waals surface area contributed by atoms with Crippen LogP contribution in [0, 0.1) is 10.8 Å². The van der Waals surface area contributed by atoms with Gasteiger partial charge in [0.1, 0.15) is 23.7 Å². The minimum absolute atomic E-state index is 0.0111. The van der Waals surface area contributed by atoms with E-state index in [0.717, 1.165) is 19.2 Å². The molecule has 6 N–H and O–H groups in total. The first-order chi connectivity index (χ1) is 14.1. The van der Waals surface area contributed by atoms with Crippen LogP contribution in [-0.2, 0) is 10.3 Å². The molecule has 2 fully saturated rings. The summed E-state index contributed by atoms with van der Waals surface area (Å²) in [5.41, 5.74) is 0.429. The number of fused-ring (bicyclic) bond motifs is 2. The summed E-state index contributed by atoms with van der Waals surface area (Å²) >= 11 is 0. The van der Waals surface area contributed by atoms with E-state index < -0.39 is 5.60 Å². The van der Waals surface area contributed by atoms with Gasteiger partial charge in [-0.25, -0.2) is 9.98 Å². The number of nitrogens with zero attached hydrogens (tertiary/aromatic N) is 3. The maximum Gasteiger partial charge on any atom is 0.153 e. The number of anilines is 2. The summed E-state index contributed by atoms with van der Waals surface area (Å²) in [6, 6.07) is 3.50. The molecule has 0 spiro atoms. The van der Waals surface area contributed by atoms with Crippen LogP contribution in [0.4, 0.5) is 11.6 Å². The predicted molar refractivity (Wildman–Crippen MR) is 109 cm³/mol. The van der Waals surface area contributed by atoms with Crippen molar-refractivity contribution in [1.82, 2.24) is 20.5 Å². The Morgan fingerprint density at radius 2 is 2.14 bits per heavy atom. The van der Waals surface area contributed by atoms with Crippen molar-refractivity contribution in [2.45, 2.75) is 43.5 Å². The fourth-order valence-corrected chi connectivity index (χ4v) is 4.22.